The average Bonchev–Trinajstić information content (AvgIpc) is 2.82. The van der Waals surface area contributed by atoms with Crippen LogP contribution in [0.5, 0.6) is 5.75 Å². The van der Waals surface area contributed by atoms with Gasteiger partial charge in [-0.2, -0.15) is 0 Å². The molecule has 1 aromatic heterocycles. The predicted octanol–water partition coefficient (Wildman–Crippen LogP) is 4.04. The molecule has 0 bridgehead atoms. The fourth-order valence-electron chi connectivity index (χ4n) is 3.42. The lowest BCUT2D eigenvalue weighted by atomic mass is 10.1. The van der Waals surface area contributed by atoms with Gasteiger partial charge in [0.05, 0.1) is 30.2 Å². The van der Waals surface area contributed by atoms with Crippen LogP contribution in [0.3, 0.4) is 0 Å². The van der Waals surface area contributed by atoms with E-state index in [1.165, 1.54) is 7.11 Å². The molecule has 0 saturated heterocycles. The Morgan fingerprint density at radius 1 is 0.886 bits per heavy atom. The van der Waals surface area contributed by atoms with Gasteiger partial charge in [0.25, 0.3) is 0 Å². The fourth-order valence-corrected chi connectivity index (χ4v) is 3.99. The molecule has 9 nitrogen and oxygen atoms in total. The number of para-hydroxylation sites is 1. The summed E-state index contributed by atoms with van der Waals surface area (Å²) in [6, 6.07) is 18.4. The van der Waals surface area contributed by atoms with Gasteiger partial charge in [-0.1, -0.05) is 30.3 Å². The Morgan fingerprint density at radius 3 is 2.14 bits per heavy atom. The molecule has 0 spiro atoms. The smallest absolute Gasteiger partial charge is 0.337 e. The van der Waals surface area contributed by atoms with Gasteiger partial charge in [0.2, 0.25) is 10.0 Å². The maximum absolute atomic E-state index is 11.9. The molecule has 4 aromatic rings. The first-order valence-corrected chi connectivity index (χ1v) is 12.4. The van der Waals surface area contributed by atoms with E-state index in [9.17, 15) is 18.3 Å². The minimum absolute atomic E-state index is 0.00307. The number of rotatable bonds is 6. The largest absolute Gasteiger partial charge is 0.507 e. The quantitative estimate of drug-likeness (QED) is 0.387. The number of esters is 1. The number of aryl methyl sites for hydroxylation is 1. The van der Waals surface area contributed by atoms with Gasteiger partial charge in [-0.05, 0) is 48.9 Å². The molecule has 4 rings (SSSR count). The number of nitrogens with one attached hydrogen (secondary N) is 1. The summed E-state index contributed by atoms with van der Waals surface area (Å²) in [7, 11) is -2.26. The van der Waals surface area contributed by atoms with Crippen molar-refractivity contribution in [3.63, 3.8) is 0 Å². The summed E-state index contributed by atoms with van der Waals surface area (Å²) < 4.78 is 31.1. The van der Waals surface area contributed by atoms with Crippen molar-refractivity contribution in [1.82, 2.24) is 15.0 Å². The van der Waals surface area contributed by atoms with E-state index in [0.29, 0.717) is 27.9 Å². The molecule has 0 amide bonds. The van der Waals surface area contributed by atoms with Gasteiger partial charge in [0.1, 0.15) is 5.75 Å². The predicted molar refractivity (Wildman–Crippen MR) is 132 cm³/mol. The molecule has 10 heteroatoms. The molecule has 0 fully saturated rings. The molecular weight excluding hydrogens is 468 g/mol. The van der Waals surface area contributed by atoms with E-state index in [1.54, 1.807) is 60.7 Å². The number of anilines is 1. The molecule has 0 radical (unpaired) electrons. The number of phenols is 1. The molecule has 178 valence electrons. The molecule has 0 aliphatic carbocycles. The number of carbonyl (C=O) groups excluding carboxylic acids is 1. The number of phenolic OH excluding ortho intramolecular Hbond substituents is 1. The Bertz CT molecular complexity index is 1520. The lowest BCUT2D eigenvalue weighted by Crippen LogP contribution is -2.11. The number of hydrogen-bond donors (Lipinski definition) is 2. The number of ether oxygens (including phenoxy) is 1. The van der Waals surface area contributed by atoms with E-state index >= 15 is 0 Å². The SMILES string of the molecule is COC(=O)c1ccc(-c2nc(-c3ccc(C)cc3O)nc(-c3ccccc3NS(C)(=O)=O)n2)cc1. The van der Waals surface area contributed by atoms with Gasteiger partial charge in [-0.25, -0.2) is 28.2 Å². The number of hydrogen-bond acceptors (Lipinski definition) is 8. The second-order valence-corrected chi connectivity index (χ2v) is 9.56. The minimum Gasteiger partial charge on any atom is -0.507 e. The van der Waals surface area contributed by atoms with Gasteiger partial charge in [-0.15, -0.1) is 0 Å². The number of sulfonamides is 1. The van der Waals surface area contributed by atoms with Crippen LogP contribution in [0.2, 0.25) is 0 Å². The van der Waals surface area contributed by atoms with Crippen LogP contribution in [-0.2, 0) is 14.8 Å². The maximum atomic E-state index is 11.9. The molecule has 2 N–H and O–H groups in total. The van der Waals surface area contributed by atoms with E-state index in [2.05, 4.69) is 19.7 Å². The zero-order valence-corrected chi connectivity index (χ0v) is 20.0. The standard InChI is InChI=1S/C25H22N4O5S/c1-15-8-13-19(21(30)14-15)24-27-22(16-9-11-17(12-10-16)25(31)34-2)26-23(28-24)18-6-4-5-7-20(18)29-35(3,32)33/h4-14,29-30H,1-3H3. The van der Waals surface area contributed by atoms with Crippen molar-refractivity contribution in [3.8, 4) is 39.9 Å². The third-order valence-electron chi connectivity index (χ3n) is 5.06. The number of aromatic hydroxyl groups is 1. The number of aromatic nitrogens is 3. The van der Waals surface area contributed by atoms with Crippen molar-refractivity contribution in [2.45, 2.75) is 6.92 Å². The van der Waals surface area contributed by atoms with Crippen LogP contribution in [-0.4, -0.2) is 47.8 Å². The summed E-state index contributed by atoms with van der Waals surface area (Å²) in [6.07, 6.45) is 1.06. The Hall–Kier alpha value is -4.31. The first-order chi connectivity index (χ1) is 16.6. The highest BCUT2D eigenvalue weighted by Crippen LogP contribution is 2.32. The second-order valence-electron chi connectivity index (χ2n) is 7.82. The van der Waals surface area contributed by atoms with E-state index in [1.807, 2.05) is 13.0 Å². The van der Waals surface area contributed by atoms with Crippen molar-refractivity contribution in [3.05, 3.63) is 77.9 Å². The molecule has 1 heterocycles. The Balaban J connectivity index is 1.92. The maximum Gasteiger partial charge on any atom is 0.337 e. The number of nitrogens with zero attached hydrogens (tertiary/aromatic N) is 3. The normalized spacial score (nSPS) is 11.2. The Kier molecular flexibility index (Phi) is 6.48. The second kappa shape index (κ2) is 9.51. The van der Waals surface area contributed by atoms with Crippen LogP contribution in [0.1, 0.15) is 15.9 Å². The minimum atomic E-state index is -3.56. The number of methoxy groups -OCH3 is 1. The summed E-state index contributed by atoms with van der Waals surface area (Å²) in [6.45, 7) is 1.85. The average molecular weight is 491 g/mol. The zero-order valence-electron chi connectivity index (χ0n) is 19.2. The molecule has 0 unspecified atom stereocenters. The van der Waals surface area contributed by atoms with Crippen molar-refractivity contribution in [2.24, 2.45) is 0 Å². The lowest BCUT2D eigenvalue weighted by Gasteiger charge is -2.13. The van der Waals surface area contributed by atoms with Crippen molar-refractivity contribution >= 4 is 21.7 Å². The highest BCUT2D eigenvalue weighted by Gasteiger charge is 2.18. The molecule has 0 atom stereocenters. The van der Waals surface area contributed by atoms with E-state index in [4.69, 9.17) is 4.74 Å². The van der Waals surface area contributed by atoms with E-state index in [-0.39, 0.29) is 23.2 Å². The third-order valence-corrected chi connectivity index (χ3v) is 5.65. The Morgan fingerprint density at radius 2 is 1.51 bits per heavy atom. The monoisotopic (exact) mass is 490 g/mol. The van der Waals surface area contributed by atoms with Crippen LogP contribution >= 0.6 is 0 Å². The van der Waals surface area contributed by atoms with Crippen LogP contribution in [0, 0.1) is 6.92 Å². The van der Waals surface area contributed by atoms with Gasteiger partial charge in [-0.3, -0.25) is 4.72 Å². The summed E-state index contributed by atoms with van der Waals surface area (Å²) in [4.78, 5) is 25.5. The number of carbonyl (C=O) groups is 1. The van der Waals surface area contributed by atoms with Gasteiger partial charge in [0, 0.05) is 11.1 Å². The molecule has 3 aromatic carbocycles. The molecule has 35 heavy (non-hydrogen) atoms. The molecular formula is C25H22N4O5S. The van der Waals surface area contributed by atoms with Crippen LogP contribution < -0.4 is 4.72 Å². The van der Waals surface area contributed by atoms with Gasteiger partial charge >= 0.3 is 5.97 Å². The van der Waals surface area contributed by atoms with Crippen LogP contribution in [0.25, 0.3) is 34.2 Å². The van der Waals surface area contributed by atoms with Gasteiger partial charge < -0.3 is 9.84 Å². The first-order valence-electron chi connectivity index (χ1n) is 10.5. The lowest BCUT2D eigenvalue weighted by molar-refractivity contribution is 0.0600. The van der Waals surface area contributed by atoms with Crippen molar-refractivity contribution in [2.75, 3.05) is 18.1 Å². The third kappa shape index (κ3) is 5.44. The van der Waals surface area contributed by atoms with Crippen molar-refractivity contribution < 1.29 is 23.1 Å². The van der Waals surface area contributed by atoms with Gasteiger partial charge in [0.15, 0.2) is 17.5 Å². The number of benzene rings is 3. The van der Waals surface area contributed by atoms with Crippen LogP contribution in [0.4, 0.5) is 5.69 Å². The Labute approximate surface area is 202 Å². The van der Waals surface area contributed by atoms with E-state index < -0.39 is 16.0 Å². The first kappa shape index (κ1) is 23.8. The highest BCUT2D eigenvalue weighted by atomic mass is 32.2. The molecule has 0 aliphatic rings. The summed E-state index contributed by atoms with van der Waals surface area (Å²) in [5.41, 5.74) is 2.93. The van der Waals surface area contributed by atoms with Crippen molar-refractivity contribution in [1.29, 1.82) is 0 Å². The summed E-state index contributed by atoms with van der Waals surface area (Å²) >= 11 is 0. The topological polar surface area (TPSA) is 131 Å². The fraction of sp³-hybridized carbons (Fsp3) is 0.120. The summed E-state index contributed by atoms with van der Waals surface area (Å²) in [5.74, 6) is 0.202. The highest BCUT2D eigenvalue weighted by molar-refractivity contribution is 7.92. The molecule has 0 saturated carbocycles. The van der Waals surface area contributed by atoms with Crippen LogP contribution in [0.15, 0.2) is 66.7 Å². The summed E-state index contributed by atoms with van der Waals surface area (Å²) in [5, 5.41) is 10.6. The molecule has 0 aliphatic heterocycles. The van der Waals surface area contributed by atoms with E-state index in [0.717, 1.165) is 11.8 Å². The zero-order chi connectivity index (χ0) is 25.2.